The van der Waals surface area contributed by atoms with Crippen LogP contribution in [0.3, 0.4) is 0 Å². The van der Waals surface area contributed by atoms with Crippen molar-refractivity contribution in [2.24, 2.45) is 0 Å². The van der Waals surface area contributed by atoms with Crippen molar-refractivity contribution in [3.05, 3.63) is 47.0 Å². The zero-order valence-electron chi connectivity index (χ0n) is 16.9. The standard InChI is InChI=1S/C21H25F6N3O/c22-20(23,24)16-11-15(12-17(13-16)21(25,26)27)14-28-19(31)18-5-4-8-30(18)10-9-29-6-2-1-3-7-29/h4-5,11-13,18H,1-3,6-10,14H2,(H,28,31)/t18-/m0/s1. The lowest BCUT2D eigenvalue weighted by Gasteiger charge is -2.30. The molecule has 2 heterocycles. The van der Waals surface area contributed by atoms with Crippen molar-refractivity contribution in [3.8, 4) is 0 Å². The Morgan fingerprint density at radius 2 is 1.55 bits per heavy atom. The summed E-state index contributed by atoms with van der Waals surface area (Å²) in [7, 11) is 0. The highest BCUT2D eigenvalue weighted by molar-refractivity contribution is 5.84. The monoisotopic (exact) mass is 449 g/mol. The van der Waals surface area contributed by atoms with Crippen molar-refractivity contribution < 1.29 is 31.1 Å². The Hall–Kier alpha value is -2.07. The molecule has 1 amide bonds. The molecule has 1 saturated heterocycles. The minimum absolute atomic E-state index is 0.0767. The quantitative estimate of drug-likeness (QED) is 0.526. The van der Waals surface area contributed by atoms with Crippen LogP contribution < -0.4 is 5.32 Å². The number of rotatable bonds is 6. The third kappa shape index (κ3) is 6.46. The number of benzene rings is 1. The van der Waals surface area contributed by atoms with E-state index in [1.165, 1.54) is 6.42 Å². The van der Waals surface area contributed by atoms with Crippen LogP contribution in [0.25, 0.3) is 0 Å². The zero-order chi connectivity index (χ0) is 22.6. The number of carbonyl (C=O) groups excluding carboxylic acids is 1. The summed E-state index contributed by atoms with van der Waals surface area (Å²) in [5.41, 5.74) is -3.04. The number of hydrogen-bond donors (Lipinski definition) is 1. The molecule has 0 unspecified atom stereocenters. The highest BCUT2D eigenvalue weighted by atomic mass is 19.4. The van der Waals surface area contributed by atoms with E-state index in [4.69, 9.17) is 0 Å². The SMILES string of the molecule is O=C(NCc1cc(C(F)(F)F)cc(C(F)(F)F)c1)[C@@H]1C=CCN1CCN1CCCCC1. The second-order valence-electron chi connectivity index (χ2n) is 7.90. The molecule has 2 aliphatic heterocycles. The second kappa shape index (κ2) is 9.60. The van der Waals surface area contributed by atoms with Crippen LogP contribution in [0.4, 0.5) is 26.3 Å². The number of hydrogen-bond acceptors (Lipinski definition) is 3. The summed E-state index contributed by atoms with van der Waals surface area (Å²) in [5, 5.41) is 2.49. The minimum atomic E-state index is -4.92. The van der Waals surface area contributed by atoms with Crippen LogP contribution in [0.2, 0.25) is 0 Å². The number of likely N-dealkylation sites (tertiary alicyclic amines) is 1. The van der Waals surface area contributed by atoms with Gasteiger partial charge >= 0.3 is 12.4 Å². The van der Waals surface area contributed by atoms with Gasteiger partial charge in [-0.25, -0.2) is 0 Å². The molecule has 1 atom stereocenters. The van der Waals surface area contributed by atoms with Crippen LogP contribution in [0.5, 0.6) is 0 Å². The van der Waals surface area contributed by atoms with Gasteiger partial charge in [0.15, 0.2) is 0 Å². The maximum Gasteiger partial charge on any atom is 0.416 e. The lowest BCUT2D eigenvalue weighted by Crippen LogP contribution is -2.46. The van der Waals surface area contributed by atoms with Crippen LogP contribution in [0.1, 0.15) is 36.0 Å². The summed E-state index contributed by atoms with van der Waals surface area (Å²) in [6, 6.07) is 0.757. The Kier molecular flexibility index (Phi) is 7.31. The number of nitrogens with zero attached hydrogens (tertiary/aromatic N) is 2. The second-order valence-corrected chi connectivity index (χ2v) is 7.90. The lowest BCUT2D eigenvalue weighted by atomic mass is 10.0. The highest BCUT2D eigenvalue weighted by Crippen LogP contribution is 2.36. The van der Waals surface area contributed by atoms with Gasteiger partial charge in [0, 0.05) is 26.2 Å². The number of amides is 1. The molecule has 1 N–H and O–H groups in total. The fourth-order valence-corrected chi connectivity index (χ4v) is 3.91. The summed E-state index contributed by atoms with van der Waals surface area (Å²) in [5.74, 6) is -0.446. The molecule has 4 nitrogen and oxygen atoms in total. The summed E-state index contributed by atoms with van der Waals surface area (Å²) >= 11 is 0. The van der Waals surface area contributed by atoms with Gasteiger partial charge in [-0.2, -0.15) is 26.3 Å². The molecular weight excluding hydrogens is 424 g/mol. The van der Waals surface area contributed by atoms with E-state index in [2.05, 4.69) is 10.2 Å². The molecule has 0 bridgehead atoms. The fraction of sp³-hybridized carbons (Fsp3) is 0.571. The Morgan fingerprint density at radius 3 is 2.13 bits per heavy atom. The van der Waals surface area contributed by atoms with Crippen LogP contribution in [-0.4, -0.2) is 54.5 Å². The Labute approximate surface area is 176 Å². The molecule has 1 aromatic rings. The largest absolute Gasteiger partial charge is 0.416 e. The van der Waals surface area contributed by atoms with Crippen molar-refractivity contribution in [1.29, 1.82) is 0 Å². The smallest absolute Gasteiger partial charge is 0.350 e. The molecule has 10 heteroatoms. The van der Waals surface area contributed by atoms with Crippen LogP contribution in [-0.2, 0) is 23.7 Å². The van der Waals surface area contributed by atoms with Crippen LogP contribution in [0.15, 0.2) is 30.4 Å². The fourth-order valence-electron chi connectivity index (χ4n) is 3.91. The van der Waals surface area contributed by atoms with Crippen LogP contribution >= 0.6 is 0 Å². The zero-order valence-corrected chi connectivity index (χ0v) is 16.9. The molecule has 31 heavy (non-hydrogen) atoms. The van der Waals surface area contributed by atoms with E-state index in [0.717, 1.165) is 32.5 Å². The first-order chi connectivity index (χ1) is 14.5. The van der Waals surface area contributed by atoms with E-state index < -0.39 is 42.0 Å². The molecular formula is C21H25F6N3O. The molecule has 0 aromatic heterocycles. The summed E-state index contributed by atoms with van der Waals surface area (Å²) in [6.07, 6.45) is -2.76. The van der Waals surface area contributed by atoms with Crippen molar-refractivity contribution in [3.63, 3.8) is 0 Å². The van der Waals surface area contributed by atoms with Gasteiger partial charge in [-0.3, -0.25) is 9.69 Å². The Morgan fingerprint density at radius 1 is 0.935 bits per heavy atom. The van der Waals surface area contributed by atoms with E-state index in [1.807, 2.05) is 11.0 Å². The molecule has 0 radical (unpaired) electrons. The van der Waals surface area contributed by atoms with Crippen LogP contribution in [0, 0.1) is 0 Å². The number of halogens is 6. The molecule has 0 saturated carbocycles. The third-order valence-corrected chi connectivity index (χ3v) is 5.59. The maximum atomic E-state index is 13.0. The molecule has 3 rings (SSSR count). The van der Waals surface area contributed by atoms with Gasteiger partial charge in [-0.1, -0.05) is 18.6 Å². The Bertz CT molecular complexity index is 767. The highest BCUT2D eigenvalue weighted by Gasteiger charge is 2.37. The van der Waals surface area contributed by atoms with Gasteiger partial charge in [0.05, 0.1) is 11.1 Å². The molecule has 0 aliphatic carbocycles. The Balaban J connectivity index is 1.62. The van der Waals surface area contributed by atoms with E-state index in [1.54, 1.807) is 6.08 Å². The van der Waals surface area contributed by atoms with Gasteiger partial charge in [0.1, 0.15) is 6.04 Å². The normalized spacial score (nSPS) is 20.9. The van der Waals surface area contributed by atoms with E-state index in [-0.39, 0.29) is 11.6 Å². The van der Waals surface area contributed by atoms with Crippen molar-refractivity contribution in [2.75, 3.05) is 32.7 Å². The van der Waals surface area contributed by atoms with Gasteiger partial charge in [0.2, 0.25) is 5.91 Å². The minimum Gasteiger partial charge on any atom is -0.350 e. The summed E-state index contributed by atoms with van der Waals surface area (Å²) in [4.78, 5) is 16.9. The van der Waals surface area contributed by atoms with Gasteiger partial charge < -0.3 is 10.2 Å². The van der Waals surface area contributed by atoms with Gasteiger partial charge in [-0.15, -0.1) is 0 Å². The molecule has 172 valence electrons. The summed E-state index contributed by atoms with van der Waals surface area (Å²) in [6.45, 7) is 3.68. The molecule has 2 aliphatic rings. The van der Waals surface area contributed by atoms with Crippen molar-refractivity contribution in [1.82, 2.24) is 15.1 Å². The first-order valence-electron chi connectivity index (χ1n) is 10.2. The van der Waals surface area contributed by atoms with Gasteiger partial charge in [0.25, 0.3) is 0 Å². The molecule has 1 fully saturated rings. The molecule has 0 spiro atoms. The number of carbonyl (C=O) groups is 1. The number of nitrogens with one attached hydrogen (secondary N) is 1. The number of alkyl halides is 6. The lowest BCUT2D eigenvalue weighted by molar-refractivity contribution is -0.143. The predicted molar refractivity (Wildman–Crippen MR) is 103 cm³/mol. The maximum absolute atomic E-state index is 13.0. The van der Waals surface area contributed by atoms with E-state index in [9.17, 15) is 31.1 Å². The molecule has 1 aromatic carbocycles. The van der Waals surface area contributed by atoms with E-state index >= 15 is 0 Å². The van der Waals surface area contributed by atoms with Gasteiger partial charge in [-0.05, 0) is 49.7 Å². The van der Waals surface area contributed by atoms with Crippen molar-refractivity contribution in [2.45, 2.75) is 44.2 Å². The average Bonchev–Trinajstić information content (AvgIpc) is 3.18. The predicted octanol–water partition coefficient (Wildman–Crippen LogP) is 4.07. The average molecular weight is 449 g/mol. The first-order valence-corrected chi connectivity index (χ1v) is 10.2. The topological polar surface area (TPSA) is 35.6 Å². The number of piperidine rings is 1. The third-order valence-electron chi connectivity index (χ3n) is 5.59. The summed E-state index contributed by atoms with van der Waals surface area (Å²) < 4.78 is 78.0. The first kappa shape index (κ1) is 23.6. The van der Waals surface area contributed by atoms with Crippen molar-refractivity contribution >= 4 is 5.91 Å². The van der Waals surface area contributed by atoms with E-state index in [0.29, 0.717) is 25.2 Å².